The Morgan fingerprint density at radius 3 is 2.58 bits per heavy atom. The molecule has 0 saturated heterocycles. The highest BCUT2D eigenvalue weighted by molar-refractivity contribution is 7.10. The number of hydrogen-bond donors (Lipinski definition) is 0. The van der Waals surface area contributed by atoms with Gasteiger partial charge in [-0.1, -0.05) is 55.8 Å². The van der Waals surface area contributed by atoms with E-state index in [2.05, 4.69) is 13.8 Å². The van der Waals surface area contributed by atoms with Crippen molar-refractivity contribution >= 4 is 40.4 Å². The van der Waals surface area contributed by atoms with Gasteiger partial charge in [0.05, 0.1) is 12.0 Å². The third kappa shape index (κ3) is 4.12. The largest absolute Gasteiger partial charge is 0.329 e. The van der Waals surface area contributed by atoms with E-state index < -0.39 is 5.92 Å². The molecule has 2 atom stereocenters. The summed E-state index contributed by atoms with van der Waals surface area (Å²) in [6.45, 7) is 4.77. The van der Waals surface area contributed by atoms with Gasteiger partial charge in [-0.25, -0.2) is 0 Å². The predicted molar refractivity (Wildman–Crippen MR) is 127 cm³/mol. The number of fused-ring (bicyclic) bond motifs is 1. The summed E-state index contributed by atoms with van der Waals surface area (Å²) in [5.41, 5.74) is 2.12. The Hall–Kier alpha value is -2.63. The van der Waals surface area contributed by atoms with Crippen LogP contribution in [0.1, 0.15) is 46.6 Å². The Labute approximate surface area is 192 Å². The number of carbonyl (C=O) groups excluding carboxylic acids is 2. The van der Waals surface area contributed by atoms with E-state index in [1.165, 1.54) is 0 Å². The zero-order valence-corrected chi connectivity index (χ0v) is 19.4. The fourth-order valence-corrected chi connectivity index (χ4v) is 5.31. The molecule has 0 radical (unpaired) electrons. The average Bonchev–Trinajstić information content (AvgIpc) is 3.28. The molecular weight excluding hydrogens is 428 g/mol. The molecule has 6 heteroatoms. The summed E-state index contributed by atoms with van der Waals surface area (Å²) in [7, 11) is 1.77. The number of likely N-dealkylation sites (N-methyl/N-ethyl adjacent to an activating group) is 1. The van der Waals surface area contributed by atoms with E-state index in [4.69, 9.17) is 11.6 Å². The fraction of sp³-hybridized carbons (Fsp3) is 0.280. The fourth-order valence-electron chi connectivity index (χ4n) is 4.25. The van der Waals surface area contributed by atoms with Gasteiger partial charge in [0.1, 0.15) is 0 Å². The van der Waals surface area contributed by atoms with Gasteiger partial charge in [0.25, 0.3) is 5.91 Å². The van der Waals surface area contributed by atoms with Gasteiger partial charge in [0.2, 0.25) is 5.91 Å². The minimum atomic E-state index is -0.504. The molecule has 0 fully saturated rings. The topological polar surface area (TPSA) is 40.6 Å². The molecule has 4 nitrogen and oxygen atoms in total. The molecule has 0 bridgehead atoms. The van der Waals surface area contributed by atoms with Crippen LogP contribution in [0.2, 0.25) is 5.02 Å². The maximum Gasteiger partial charge on any atom is 0.254 e. The molecule has 1 aliphatic rings. The maximum absolute atomic E-state index is 14.0. The third-order valence-corrected chi connectivity index (χ3v) is 6.81. The number of nitrogens with zero attached hydrogens (tertiary/aromatic N) is 2. The van der Waals surface area contributed by atoms with E-state index in [9.17, 15) is 9.59 Å². The lowest BCUT2D eigenvalue weighted by Gasteiger charge is -2.43. The van der Waals surface area contributed by atoms with Crippen LogP contribution < -0.4 is 4.90 Å². The van der Waals surface area contributed by atoms with Gasteiger partial charge in [0.15, 0.2) is 0 Å². The van der Waals surface area contributed by atoms with Crippen molar-refractivity contribution in [3.8, 4) is 0 Å². The first-order chi connectivity index (χ1) is 14.9. The van der Waals surface area contributed by atoms with Crippen LogP contribution in [-0.4, -0.2) is 30.3 Å². The van der Waals surface area contributed by atoms with Crippen molar-refractivity contribution in [1.82, 2.24) is 4.90 Å². The van der Waals surface area contributed by atoms with Gasteiger partial charge in [-0.2, -0.15) is 0 Å². The molecule has 0 spiro atoms. The van der Waals surface area contributed by atoms with E-state index in [0.717, 1.165) is 16.1 Å². The maximum atomic E-state index is 14.0. The first kappa shape index (κ1) is 21.6. The molecule has 2 amide bonds. The number of rotatable bonds is 5. The quantitative estimate of drug-likeness (QED) is 0.476. The van der Waals surface area contributed by atoms with Gasteiger partial charge in [-0.15, -0.1) is 11.3 Å². The standard InChI is InChI=1S/C25H25ClN2O2S/c1-16(2)15-28-23(21-12-7-13-31-21)22(19-10-4-5-11-20(19)24(28)29)25(30)27(3)18-9-6-8-17(26)14-18/h4-14,16,22-23H,15H2,1-3H3. The summed E-state index contributed by atoms with van der Waals surface area (Å²) in [6, 6.07) is 18.4. The number of hydrogen-bond acceptors (Lipinski definition) is 3. The van der Waals surface area contributed by atoms with Gasteiger partial charge < -0.3 is 9.80 Å². The SMILES string of the molecule is CC(C)CN1C(=O)c2ccccc2C(C(=O)N(C)c2cccc(Cl)c2)C1c1cccs1. The summed E-state index contributed by atoms with van der Waals surface area (Å²) in [6.07, 6.45) is 0. The first-order valence-corrected chi connectivity index (χ1v) is 11.6. The molecule has 2 aromatic carbocycles. The second kappa shape index (κ2) is 8.85. The third-order valence-electron chi connectivity index (χ3n) is 5.63. The minimum Gasteiger partial charge on any atom is -0.329 e. The molecule has 160 valence electrons. The lowest BCUT2D eigenvalue weighted by molar-refractivity contribution is -0.121. The summed E-state index contributed by atoms with van der Waals surface area (Å²) in [4.78, 5) is 32.0. The summed E-state index contributed by atoms with van der Waals surface area (Å²) < 4.78 is 0. The Balaban J connectivity index is 1.86. The first-order valence-electron chi connectivity index (χ1n) is 10.3. The molecule has 0 N–H and O–H groups in total. The molecule has 2 heterocycles. The van der Waals surface area contributed by atoms with E-state index in [-0.39, 0.29) is 23.8 Å². The van der Waals surface area contributed by atoms with Crippen molar-refractivity contribution in [3.63, 3.8) is 0 Å². The average molecular weight is 453 g/mol. The van der Waals surface area contributed by atoms with Crippen molar-refractivity contribution in [2.75, 3.05) is 18.5 Å². The van der Waals surface area contributed by atoms with Crippen LogP contribution in [-0.2, 0) is 4.79 Å². The van der Waals surface area contributed by atoms with E-state index in [1.54, 1.807) is 35.4 Å². The smallest absolute Gasteiger partial charge is 0.254 e. The molecule has 31 heavy (non-hydrogen) atoms. The number of carbonyl (C=O) groups is 2. The van der Waals surface area contributed by atoms with Crippen LogP contribution in [0.25, 0.3) is 0 Å². The molecular formula is C25H25ClN2O2S. The number of benzene rings is 2. The van der Waals surface area contributed by atoms with Crippen LogP contribution in [0.4, 0.5) is 5.69 Å². The van der Waals surface area contributed by atoms with Crippen molar-refractivity contribution < 1.29 is 9.59 Å². The molecule has 4 rings (SSSR count). The second-order valence-electron chi connectivity index (χ2n) is 8.25. The Morgan fingerprint density at radius 1 is 1.13 bits per heavy atom. The molecule has 1 aromatic heterocycles. The van der Waals surface area contributed by atoms with E-state index >= 15 is 0 Å². The van der Waals surface area contributed by atoms with Crippen molar-refractivity contribution in [1.29, 1.82) is 0 Å². The normalized spacial score (nSPS) is 18.2. The Kier molecular flexibility index (Phi) is 6.17. The van der Waals surface area contributed by atoms with Gasteiger partial charge in [-0.05, 0) is 47.2 Å². The highest BCUT2D eigenvalue weighted by Gasteiger charge is 2.45. The Morgan fingerprint density at radius 2 is 1.90 bits per heavy atom. The zero-order valence-electron chi connectivity index (χ0n) is 17.8. The summed E-state index contributed by atoms with van der Waals surface area (Å²) >= 11 is 7.76. The lowest BCUT2D eigenvalue weighted by Crippen LogP contribution is -2.48. The minimum absolute atomic E-state index is 0.0165. The van der Waals surface area contributed by atoms with Crippen LogP contribution >= 0.6 is 22.9 Å². The summed E-state index contributed by atoms with van der Waals surface area (Å²) in [5.74, 6) is -0.306. The van der Waals surface area contributed by atoms with Crippen molar-refractivity contribution in [3.05, 3.63) is 87.1 Å². The van der Waals surface area contributed by atoms with E-state index in [0.29, 0.717) is 17.1 Å². The molecule has 0 saturated carbocycles. The van der Waals surface area contributed by atoms with Crippen LogP contribution in [0, 0.1) is 5.92 Å². The second-order valence-corrected chi connectivity index (χ2v) is 9.67. The molecule has 2 unspecified atom stereocenters. The van der Waals surface area contributed by atoms with E-state index in [1.807, 2.05) is 58.8 Å². The number of thiophene rings is 1. The van der Waals surface area contributed by atoms with Crippen molar-refractivity contribution in [2.24, 2.45) is 5.92 Å². The van der Waals surface area contributed by atoms with Crippen molar-refractivity contribution in [2.45, 2.75) is 25.8 Å². The van der Waals surface area contributed by atoms with Crippen LogP contribution in [0.3, 0.4) is 0 Å². The van der Waals surface area contributed by atoms with Crippen LogP contribution in [0.15, 0.2) is 66.0 Å². The molecule has 1 aliphatic heterocycles. The zero-order chi connectivity index (χ0) is 22.1. The lowest BCUT2D eigenvalue weighted by atomic mass is 9.80. The Bertz CT molecular complexity index is 1100. The molecule has 3 aromatic rings. The van der Waals surface area contributed by atoms with Gasteiger partial charge in [0, 0.05) is 34.7 Å². The predicted octanol–water partition coefficient (Wildman–Crippen LogP) is 6.00. The number of anilines is 1. The van der Waals surface area contributed by atoms with Gasteiger partial charge in [-0.3, -0.25) is 9.59 Å². The highest BCUT2D eigenvalue weighted by atomic mass is 35.5. The molecule has 0 aliphatic carbocycles. The van der Waals surface area contributed by atoms with Crippen LogP contribution in [0.5, 0.6) is 0 Å². The highest BCUT2D eigenvalue weighted by Crippen LogP contribution is 2.45. The number of halogens is 1. The monoisotopic (exact) mass is 452 g/mol. The number of amides is 2. The van der Waals surface area contributed by atoms with Gasteiger partial charge >= 0.3 is 0 Å². The summed E-state index contributed by atoms with van der Waals surface area (Å²) in [5, 5.41) is 2.57.